The van der Waals surface area contributed by atoms with Crippen molar-refractivity contribution in [3.05, 3.63) is 29.7 Å². The van der Waals surface area contributed by atoms with E-state index >= 15 is 0 Å². The number of nitrogens with one attached hydrogen (secondary N) is 2. The molecule has 0 unspecified atom stereocenters. The third-order valence-corrected chi connectivity index (χ3v) is 5.13. The van der Waals surface area contributed by atoms with Gasteiger partial charge in [0, 0.05) is 19.5 Å². The van der Waals surface area contributed by atoms with Crippen LogP contribution in [0.4, 0.5) is 0 Å². The Morgan fingerprint density at radius 2 is 2.21 bits per heavy atom. The summed E-state index contributed by atoms with van der Waals surface area (Å²) in [4.78, 5) is 11.4. The summed E-state index contributed by atoms with van der Waals surface area (Å²) in [6, 6.07) is 3.21. The van der Waals surface area contributed by atoms with Crippen LogP contribution in [0, 0.1) is 0 Å². The summed E-state index contributed by atoms with van der Waals surface area (Å²) in [5, 5.41) is 4.41. The minimum Gasteiger partial charge on any atom is -0.356 e. The molecule has 1 rings (SSSR count). The Labute approximate surface area is 117 Å². The standard InChI is InChI=1S/C12H18N2O3S2/c1-2-3-4-8-13-11(15)7-9-14-19(16,17)12-6-5-10-18-12/h2-3,5-6,10,14H,4,7-9H2,1H3,(H,13,15)/b3-2+. The maximum Gasteiger partial charge on any atom is 0.250 e. The first-order valence-electron chi connectivity index (χ1n) is 5.97. The van der Waals surface area contributed by atoms with Crippen molar-refractivity contribution in [2.45, 2.75) is 24.0 Å². The fraction of sp³-hybridized carbons (Fsp3) is 0.417. The molecule has 19 heavy (non-hydrogen) atoms. The average Bonchev–Trinajstić information content (AvgIpc) is 2.89. The van der Waals surface area contributed by atoms with Crippen LogP contribution in [0.2, 0.25) is 0 Å². The first kappa shape index (κ1) is 15.9. The van der Waals surface area contributed by atoms with Gasteiger partial charge in [-0.15, -0.1) is 11.3 Å². The minimum absolute atomic E-state index is 0.107. The van der Waals surface area contributed by atoms with Crippen molar-refractivity contribution in [3.63, 3.8) is 0 Å². The van der Waals surface area contributed by atoms with Gasteiger partial charge in [0.2, 0.25) is 15.9 Å². The smallest absolute Gasteiger partial charge is 0.250 e. The predicted octanol–water partition coefficient (Wildman–Crippen LogP) is 1.50. The predicted molar refractivity (Wildman–Crippen MR) is 76.6 cm³/mol. The Hall–Kier alpha value is -1.18. The summed E-state index contributed by atoms with van der Waals surface area (Å²) >= 11 is 1.15. The third-order valence-electron chi connectivity index (χ3n) is 2.27. The lowest BCUT2D eigenvalue weighted by Crippen LogP contribution is -2.30. The van der Waals surface area contributed by atoms with Crippen LogP contribution in [0.15, 0.2) is 33.9 Å². The first-order valence-corrected chi connectivity index (χ1v) is 8.33. The van der Waals surface area contributed by atoms with Crippen molar-refractivity contribution in [3.8, 4) is 0 Å². The maximum atomic E-state index is 11.7. The number of rotatable bonds is 8. The molecule has 106 valence electrons. The molecule has 0 aliphatic rings. The van der Waals surface area contributed by atoms with E-state index < -0.39 is 10.0 Å². The van der Waals surface area contributed by atoms with Crippen LogP contribution in [0.3, 0.4) is 0 Å². The SMILES string of the molecule is C/C=C/CCNC(=O)CCNS(=O)(=O)c1cccs1. The zero-order chi connectivity index (χ0) is 14.1. The second-order valence-corrected chi connectivity index (χ2v) is 6.73. The van der Waals surface area contributed by atoms with Crippen LogP contribution >= 0.6 is 11.3 Å². The van der Waals surface area contributed by atoms with E-state index in [2.05, 4.69) is 10.0 Å². The molecule has 1 amide bonds. The molecular formula is C12H18N2O3S2. The van der Waals surface area contributed by atoms with Crippen LogP contribution in [-0.2, 0) is 14.8 Å². The fourth-order valence-corrected chi connectivity index (χ4v) is 3.41. The summed E-state index contributed by atoms with van der Waals surface area (Å²) in [6.45, 7) is 2.59. The molecule has 0 fully saturated rings. The molecule has 0 bridgehead atoms. The number of carbonyl (C=O) groups is 1. The van der Waals surface area contributed by atoms with Crippen molar-refractivity contribution >= 4 is 27.3 Å². The monoisotopic (exact) mass is 302 g/mol. The van der Waals surface area contributed by atoms with Crippen LogP contribution in [0.25, 0.3) is 0 Å². The quantitative estimate of drug-likeness (QED) is 0.564. The highest BCUT2D eigenvalue weighted by molar-refractivity contribution is 7.91. The molecule has 0 radical (unpaired) electrons. The Morgan fingerprint density at radius 3 is 2.84 bits per heavy atom. The highest BCUT2D eigenvalue weighted by Gasteiger charge is 2.14. The van der Waals surface area contributed by atoms with Crippen LogP contribution in [0.5, 0.6) is 0 Å². The van der Waals surface area contributed by atoms with Crippen LogP contribution in [-0.4, -0.2) is 27.4 Å². The summed E-state index contributed by atoms with van der Waals surface area (Å²) in [5.74, 6) is -0.154. The van der Waals surface area contributed by atoms with Gasteiger partial charge in [-0.05, 0) is 24.8 Å². The van der Waals surface area contributed by atoms with E-state index in [0.29, 0.717) is 6.54 Å². The lowest BCUT2D eigenvalue weighted by molar-refractivity contribution is -0.120. The Morgan fingerprint density at radius 1 is 1.42 bits per heavy atom. The maximum absolute atomic E-state index is 11.7. The van der Waals surface area contributed by atoms with Gasteiger partial charge < -0.3 is 5.32 Å². The normalized spacial score (nSPS) is 11.8. The first-order chi connectivity index (χ1) is 9.06. The molecule has 0 aliphatic carbocycles. The van der Waals surface area contributed by atoms with E-state index in [1.165, 1.54) is 6.07 Å². The number of hydrogen-bond acceptors (Lipinski definition) is 4. The zero-order valence-electron chi connectivity index (χ0n) is 10.8. The van der Waals surface area contributed by atoms with Gasteiger partial charge >= 0.3 is 0 Å². The third kappa shape index (κ3) is 6.00. The summed E-state index contributed by atoms with van der Waals surface area (Å²) in [5.41, 5.74) is 0. The highest BCUT2D eigenvalue weighted by atomic mass is 32.2. The number of sulfonamides is 1. The van der Waals surface area contributed by atoms with Crippen LogP contribution < -0.4 is 10.0 Å². The number of hydrogen-bond donors (Lipinski definition) is 2. The second kappa shape index (κ2) is 8.08. The molecular weight excluding hydrogens is 284 g/mol. The topological polar surface area (TPSA) is 75.3 Å². The van der Waals surface area contributed by atoms with Crippen molar-refractivity contribution in [2.24, 2.45) is 0 Å². The molecule has 1 aromatic heterocycles. The molecule has 0 aromatic carbocycles. The molecule has 0 saturated carbocycles. The van der Waals surface area contributed by atoms with Crippen LogP contribution in [0.1, 0.15) is 19.8 Å². The van der Waals surface area contributed by atoms with Crippen molar-refractivity contribution in [1.29, 1.82) is 0 Å². The largest absolute Gasteiger partial charge is 0.356 e. The minimum atomic E-state index is -3.46. The van der Waals surface area contributed by atoms with Gasteiger partial charge in [0.15, 0.2) is 0 Å². The van der Waals surface area contributed by atoms with E-state index in [0.717, 1.165) is 17.8 Å². The van der Waals surface area contributed by atoms with Gasteiger partial charge in [0.05, 0.1) is 0 Å². The van der Waals surface area contributed by atoms with Crippen molar-refractivity contribution in [1.82, 2.24) is 10.0 Å². The molecule has 7 heteroatoms. The van der Waals surface area contributed by atoms with E-state index in [-0.39, 0.29) is 23.1 Å². The summed E-state index contributed by atoms with van der Waals surface area (Å²) in [6.07, 6.45) is 4.80. The van der Waals surface area contributed by atoms with Gasteiger partial charge in [0.25, 0.3) is 0 Å². The molecule has 0 aliphatic heterocycles. The molecule has 0 spiro atoms. The van der Waals surface area contributed by atoms with E-state index in [1.807, 2.05) is 19.1 Å². The molecule has 5 nitrogen and oxygen atoms in total. The molecule has 0 atom stereocenters. The number of allylic oxidation sites excluding steroid dienone is 1. The zero-order valence-corrected chi connectivity index (χ0v) is 12.4. The lowest BCUT2D eigenvalue weighted by Gasteiger charge is -2.05. The van der Waals surface area contributed by atoms with Crippen molar-refractivity contribution in [2.75, 3.05) is 13.1 Å². The molecule has 0 saturated heterocycles. The Bertz CT molecular complexity index is 507. The van der Waals surface area contributed by atoms with Gasteiger partial charge in [-0.1, -0.05) is 18.2 Å². The van der Waals surface area contributed by atoms with Gasteiger partial charge in [-0.3, -0.25) is 4.79 Å². The number of carbonyl (C=O) groups excluding carboxylic acids is 1. The second-order valence-electron chi connectivity index (χ2n) is 3.79. The fourth-order valence-electron chi connectivity index (χ4n) is 1.34. The molecule has 1 aromatic rings. The molecule has 2 N–H and O–H groups in total. The number of amides is 1. The summed E-state index contributed by atoms with van der Waals surface area (Å²) < 4.78 is 26.1. The Balaban J connectivity index is 2.25. The average molecular weight is 302 g/mol. The van der Waals surface area contributed by atoms with Gasteiger partial charge in [0.1, 0.15) is 4.21 Å². The van der Waals surface area contributed by atoms with E-state index in [9.17, 15) is 13.2 Å². The lowest BCUT2D eigenvalue weighted by atomic mass is 10.3. The highest BCUT2D eigenvalue weighted by Crippen LogP contribution is 2.14. The van der Waals surface area contributed by atoms with Gasteiger partial charge in [-0.2, -0.15) is 0 Å². The van der Waals surface area contributed by atoms with Crippen molar-refractivity contribution < 1.29 is 13.2 Å². The molecule has 1 heterocycles. The van der Waals surface area contributed by atoms with Gasteiger partial charge in [-0.25, -0.2) is 13.1 Å². The van der Waals surface area contributed by atoms with E-state index in [4.69, 9.17) is 0 Å². The summed E-state index contributed by atoms with van der Waals surface area (Å²) in [7, 11) is -3.46. The number of thiophene rings is 1. The Kier molecular flexibility index (Phi) is 6.75. The van der Waals surface area contributed by atoms with E-state index in [1.54, 1.807) is 11.4 Å².